The van der Waals surface area contributed by atoms with Gasteiger partial charge in [-0.3, -0.25) is 0 Å². The minimum atomic E-state index is -0.476. The molecule has 0 spiro atoms. The molecule has 0 radical (unpaired) electrons. The second-order valence-electron chi connectivity index (χ2n) is 5.76. The number of rotatable bonds is 2. The first kappa shape index (κ1) is 14.2. The van der Waals surface area contributed by atoms with Gasteiger partial charge >= 0.3 is 6.09 Å². The highest BCUT2D eigenvalue weighted by Gasteiger charge is 2.35. The van der Waals surface area contributed by atoms with E-state index in [9.17, 15) is 4.79 Å². The van der Waals surface area contributed by atoms with Crippen LogP contribution in [0.3, 0.4) is 0 Å². The predicted molar refractivity (Wildman–Crippen MR) is 73.4 cm³/mol. The summed E-state index contributed by atoms with van der Waals surface area (Å²) in [6.07, 6.45) is -0.326. The fraction of sp³-hybridized carbons (Fsp3) is 0.467. The third-order valence-corrected chi connectivity index (χ3v) is 2.79. The number of ether oxygens (including phenoxy) is 2. The van der Waals surface area contributed by atoms with Crippen LogP contribution in [0, 0.1) is 11.3 Å². The van der Waals surface area contributed by atoms with Crippen LogP contribution < -0.4 is 4.74 Å². The summed E-state index contributed by atoms with van der Waals surface area (Å²) in [5.41, 5.74) is 0.122. The molecule has 1 aliphatic rings. The second-order valence-corrected chi connectivity index (χ2v) is 5.76. The zero-order chi connectivity index (χ0) is 14.8. The summed E-state index contributed by atoms with van der Waals surface area (Å²) >= 11 is 0. The Balaban J connectivity index is 1.79. The second kappa shape index (κ2) is 5.41. The normalized spacial score (nSPS) is 15.2. The van der Waals surface area contributed by atoms with Gasteiger partial charge in [-0.05, 0) is 45.0 Å². The van der Waals surface area contributed by atoms with Crippen LogP contribution in [0.15, 0.2) is 24.3 Å². The van der Waals surface area contributed by atoms with E-state index >= 15 is 0 Å². The summed E-state index contributed by atoms with van der Waals surface area (Å²) in [6.45, 7) is 6.57. The van der Waals surface area contributed by atoms with Gasteiger partial charge < -0.3 is 14.4 Å². The quantitative estimate of drug-likeness (QED) is 0.831. The van der Waals surface area contributed by atoms with E-state index in [0.717, 1.165) is 0 Å². The lowest BCUT2D eigenvalue weighted by Gasteiger charge is -2.39. The highest BCUT2D eigenvalue weighted by atomic mass is 16.6. The van der Waals surface area contributed by atoms with Crippen molar-refractivity contribution in [2.24, 2.45) is 0 Å². The van der Waals surface area contributed by atoms with E-state index in [1.807, 2.05) is 20.8 Å². The molecule has 0 atom stereocenters. The largest absolute Gasteiger partial charge is 0.487 e. The van der Waals surface area contributed by atoms with Gasteiger partial charge in [0.1, 0.15) is 17.5 Å². The Kier molecular flexibility index (Phi) is 3.84. The first-order valence-electron chi connectivity index (χ1n) is 6.52. The molecular weight excluding hydrogens is 256 g/mol. The number of hydrogen-bond donors (Lipinski definition) is 0. The highest BCUT2D eigenvalue weighted by molar-refractivity contribution is 5.69. The van der Waals surface area contributed by atoms with Crippen molar-refractivity contribution >= 4 is 6.09 Å². The molecule has 0 N–H and O–H groups in total. The van der Waals surface area contributed by atoms with E-state index in [-0.39, 0.29) is 12.2 Å². The summed E-state index contributed by atoms with van der Waals surface area (Å²) < 4.78 is 11.0. The number of benzene rings is 1. The summed E-state index contributed by atoms with van der Waals surface area (Å²) in [5, 5.41) is 8.71. The number of carbonyl (C=O) groups is 1. The van der Waals surface area contributed by atoms with Gasteiger partial charge in [-0.1, -0.05) is 0 Å². The molecule has 1 fully saturated rings. The molecule has 0 unspecified atom stereocenters. The molecule has 106 valence electrons. The number of likely N-dealkylation sites (tertiary alicyclic amines) is 1. The Labute approximate surface area is 118 Å². The van der Waals surface area contributed by atoms with Crippen molar-refractivity contribution in [2.45, 2.75) is 32.5 Å². The van der Waals surface area contributed by atoms with Gasteiger partial charge in [-0.2, -0.15) is 5.26 Å². The van der Waals surface area contributed by atoms with Crippen molar-refractivity contribution < 1.29 is 14.3 Å². The average molecular weight is 274 g/mol. The summed E-state index contributed by atoms with van der Waals surface area (Å²) in [4.78, 5) is 13.3. The predicted octanol–water partition coefficient (Wildman–Crippen LogP) is 2.56. The molecule has 20 heavy (non-hydrogen) atoms. The molecule has 0 saturated carbocycles. The topological polar surface area (TPSA) is 62.6 Å². The van der Waals surface area contributed by atoms with E-state index in [1.165, 1.54) is 0 Å². The fourth-order valence-corrected chi connectivity index (χ4v) is 1.79. The van der Waals surface area contributed by atoms with Crippen LogP contribution in [0.4, 0.5) is 4.79 Å². The number of hydrogen-bond acceptors (Lipinski definition) is 4. The van der Waals surface area contributed by atoms with Gasteiger partial charge in [-0.15, -0.1) is 0 Å². The van der Waals surface area contributed by atoms with Crippen LogP contribution in [0.2, 0.25) is 0 Å². The van der Waals surface area contributed by atoms with Gasteiger partial charge in [0.25, 0.3) is 0 Å². The van der Waals surface area contributed by atoms with Gasteiger partial charge in [0.05, 0.1) is 24.7 Å². The summed E-state index contributed by atoms with van der Waals surface area (Å²) in [5.74, 6) is 0.706. The molecule has 5 nitrogen and oxygen atoms in total. The monoisotopic (exact) mass is 274 g/mol. The maximum absolute atomic E-state index is 11.7. The van der Waals surface area contributed by atoms with Crippen LogP contribution in [0.5, 0.6) is 5.75 Å². The van der Waals surface area contributed by atoms with E-state index in [1.54, 1.807) is 29.2 Å². The first-order valence-corrected chi connectivity index (χ1v) is 6.52. The van der Waals surface area contributed by atoms with Crippen LogP contribution in [-0.2, 0) is 4.74 Å². The fourth-order valence-electron chi connectivity index (χ4n) is 1.79. The Morgan fingerprint density at radius 2 is 1.90 bits per heavy atom. The van der Waals surface area contributed by atoms with E-state index < -0.39 is 5.60 Å². The molecule has 0 aliphatic carbocycles. The lowest BCUT2D eigenvalue weighted by Crippen LogP contribution is -2.57. The number of carbonyl (C=O) groups excluding carboxylic acids is 1. The lowest BCUT2D eigenvalue weighted by atomic mass is 10.1. The molecule has 1 aromatic carbocycles. The maximum Gasteiger partial charge on any atom is 0.410 e. The zero-order valence-corrected chi connectivity index (χ0v) is 11.9. The number of nitrogens with zero attached hydrogens (tertiary/aromatic N) is 2. The lowest BCUT2D eigenvalue weighted by molar-refractivity contribution is -0.0221. The number of nitriles is 1. The molecule has 2 rings (SSSR count). The van der Waals surface area contributed by atoms with Crippen LogP contribution in [0.25, 0.3) is 0 Å². The van der Waals surface area contributed by atoms with Gasteiger partial charge in [0.2, 0.25) is 0 Å². The molecule has 0 aromatic heterocycles. The summed E-state index contributed by atoms with van der Waals surface area (Å²) in [6, 6.07) is 8.99. The van der Waals surface area contributed by atoms with Crippen molar-refractivity contribution in [3.63, 3.8) is 0 Å². The average Bonchev–Trinajstić information content (AvgIpc) is 2.31. The Bertz CT molecular complexity index is 520. The van der Waals surface area contributed by atoms with Crippen LogP contribution >= 0.6 is 0 Å². The minimum absolute atomic E-state index is 0.0181. The molecule has 1 aliphatic heterocycles. The molecule has 1 heterocycles. The van der Waals surface area contributed by atoms with Crippen molar-refractivity contribution in [2.75, 3.05) is 13.1 Å². The van der Waals surface area contributed by atoms with Gasteiger partial charge in [0.15, 0.2) is 0 Å². The van der Waals surface area contributed by atoms with Crippen molar-refractivity contribution in [3.8, 4) is 11.8 Å². The van der Waals surface area contributed by atoms with E-state index in [0.29, 0.717) is 24.4 Å². The van der Waals surface area contributed by atoms with Gasteiger partial charge in [-0.25, -0.2) is 4.79 Å². The Morgan fingerprint density at radius 1 is 1.30 bits per heavy atom. The Hall–Kier alpha value is -2.22. The van der Waals surface area contributed by atoms with Crippen molar-refractivity contribution in [1.82, 2.24) is 4.90 Å². The zero-order valence-electron chi connectivity index (χ0n) is 11.9. The highest BCUT2D eigenvalue weighted by Crippen LogP contribution is 2.20. The van der Waals surface area contributed by atoms with Crippen LogP contribution in [0.1, 0.15) is 26.3 Å². The van der Waals surface area contributed by atoms with Crippen LogP contribution in [-0.4, -0.2) is 35.8 Å². The molecule has 5 heteroatoms. The first-order chi connectivity index (χ1) is 9.37. The van der Waals surface area contributed by atoms with Crippen molar-refractivity contribution in [1.29, 1.82) is 5.26 Å². The third kappa shape index (κ3) is 3.64. The van der Waals surface area contributed by atoms with Gasteiger partial charge in [0, 0.05) is 0 Å². The standard InChI is InChI=1S/C15H18N2O3/c1-15(2,3)20-14(18)17-9-13(10-17)19-12-6-4-11(8-16)5-7-12/h4-7,13H,9-10H2,1-3H3. The SMILES string of the molecule is CC(C)(C)OC(=O)N1CC(Oc2ccc(C#N)cc2)C1. The minimum Gasteiger partial charge on any atom is -0.487 e. The molecule has 0 bridgehead atoms. The third-order valence-electron chi connectivity index (χ3n) is 2.79. The summed E-state index contributed by atoms with van der Waals surface area (Å²) in [7, 11) is 0. The van der Waals surface area contributed by atoms with E-state index in [4.69, 9.17) is 14.7 Å². The number of amides is 1. The molecular formula is C15H18N2O3. The molecule has 1 amide bonds. The molecule has 1 aromatic rings. The maximum atomic E-state index is 11.7. The molecule has 1 saturated heterocycles. The van der Waals surface area contributed by atoms with E-state index in [2.05, 4.69) is 6.07 Å². The Morgan fingerprint density at radius 3 is 2.40 bits per heavy atom. The van der Waals surface area contributed by atoms with Crippen molar-refractivity contribution in [3.05, 3.63) is 29.8 Å². The smallest absolute Gasteiger partial charge is 0.410 e.